The third kappa shape index (κ3) is 3.64. The Balaban J connectivity index is 1.81. The van der Waals surface area contributed by atoms with Gasteiger partial charge in [0.25, 0.3) is 0 Å². The van der Waals surface area contributed by atoms with E-state index in [1.54, 1.807) is 0 Å². The zero-order chi connectivity index (χ0) is 17.3. The van der Waals surface area contributed by atoms with Gasteiger partial charge >= 0.3 is 0 Å². The molecule has 1 aromatic carbocycles. The Labute approximate surface area is 150 Å². The Kier molecular flexibility index (Phi) is 4.67. The largest absolute Gasteiger partial charge is 0.464 e. The maximum absolute atomic E-state index is 5.73. The first kappa shape index (κ1) is 17.0. The highest BCUT2D eigenvalue weighted by molar-refractivity contribution is 9.10. The zero-order valence-electron chi connectivity index (χ0n) is 14.6. The predicted molar refractivity (Wildman–Crippen MR) is 100 cm³/mol. The molecule has 2 heterocycles. The molecule has 0 spiro atoms. The molecule has 3 rings (SSSR count). The summed E-state index contributed by atoms with van der Waals surface area (Å²) in [5.74, 6) is 1.93. The third-order valence-corrected chi connectivity index (χ3v) is 4.57. The highest BCUT2D eigenvalue weighted by Crippen LogP contribution is 2.31. The molecule has 1 N–H and O–H groups in total. The Morgan fingerprint density at radius 3 is 2.58 bits per heavy atom. The number of halogens is 1. The smallest absolute Gasteiger partial charge is 0.129 e. The van der Waals surface area contributed by atoms with Crippen molar-refractivity contribution in [2.24, 2.45) is 5.41 Å². The van der Waals surface area contributed by atoms with Crippen LogP contribution >= 0.6 is 15.9 Å². The SMILES string of the molecule is CCc1ccc(CNc2ccc3c(nnn3CC(C)(C)C)c2Br)o1. The summed E-state index contributed by atoms with van der Waals surface area (Å²) >= 11 is 3.66. The van der Waals surface area contributed by atoms with Crippen molar-refractivity contribution in [1.82, 2.24) is 15.0 Å². The maximum Gasteiger partial charge on any atom is 0.129 e. The molecule has 0 radical (unpaired) electrons. The predicted octanol–water partition coefficient (Wildman–Crippen LogP) is 5.01. The number of aromatic nitrogens is 3. The molecule has 3 aromatic rings. The fraction of sp³-hybridized carbons (Fsp3) is 0.444. The van der Waals surface area contributed by atoms with Gasteiger partial charge in [-0.1, -0.05) is 32.9 Å². The summed E-state index contributed by atoms with van der Waals surface area (Å²) < 4.78 is 8.63. The van der Waals surface area contributed by atoms with E-state index in [9.17, 15) is 0 Å². The van der Waals surface area contributed by atoms with Gasteiger partial charge in [-0.25, -0.2) is 4.68 Å². The molecule has 0 saturated heterocycles. The summed E-state index contributed by atoms with van der Waals surface area (Å²) in [6.07, 6.45) is 0.909. The van der Waals surface area contributed by atoms with Crippen molar-refractivity contribution >= 4 is 32.7 Å². The number of hydrogen-bond donors (Lipinski definition) is 1. The van der Waals surface area contributed by atoms with Crippen molar-refractivity contribution in [3.63, 3.8) is 0 Å². The number of furan rings is 1. The number of nitrogens with zero attached hydrogens (tertiary/aromatic N) is 3. The summed E-state index contributed by atoms with van der Waals surface area (Å²) in [6.45, 7) is 10.1. The first-order valence-electron chi connectivity index (χ1n) is 8.20. The topological polar surface area (TPSA) is 55.9 Å². The number of rotatable bonds is 5. The fourth-order valence-corrected chi connectivity index (χ4v) is 3.15. The lowest BCUT2D eigenvalue weighted by Gasteiger charge is -2.18. The Hall–Kier alpha value is -1.82. The second-order valence-electron chi connectivity index (χ2n) is 7.18. The van der Waals surface area contributed by atoms with E-state index in [0.29, 0.717) is 6.54 Å². The second-order valence-corrected chi connectivity index (χ2v) is 7.97. The first-order valence-corrected chi connectivity index (χ1v) is 9.00. The maximum atomic E-state index is 5.73. The molecular formula is C18H23BrN4O. The van der Waals surface area contributed by atoms with Crippen LogP contribution in [-0.4, -0.2) is 15.0 Å². The van der Waals surface area contributed by atoms with Crippen LogP contribution in [0.4, 0.5) is 5.69 Å². The average Bonchev–Trinajstić information content (AvgIpc) is 3.13. The summed E-state index contributed by atoms with van der Waals surface area (Å²) in [5.41, 5.74) is 3.05. The van der Waals surface area contributed by atoms with Gasteiger partial charge in [-0.15, -0.1) is 5.10 Å². The molecule has 24 heavy (non-hydrogen) atoms. The lowest BCUT2D eigenvalue weighted by atomic mass is 9.97. The molecule has 0 amide bonds. The van der Waals surface area contributed by atoms with Gasteiger partial charge in [-0.3, -0.25) is 0 Å². The standard InChI is InChI=1S/C18H23BrN4O/c1-5-12-6-7-13(24-12)10-20-14-8-9-15-17(16(14)19)21-22-23(15)11-18(2,3)4/h6-9,20H,5,10-11H2,1-4H3. The lowest BCUT2D eigenvalue weighted by molar-refractivity contribution is 0.327. The fourth-order valence-electron chi connectivity index (χ4n) is 2.60. The van der Waals surface area contributed by atoms with E-state index in [1.807, 2.05) is 16.8 Å². The van der Waals surface area contributed by atoms with E-state index in [2.05, 4.69) is 71.4 Å². The average molecular weight is 391 g/mol. The van der Waals surface area contributed by atoms with Gasteiger partial charge < -0.3 is 9.73 Å². The Bertz CT molecular complexity index is 844. The monoisotopic (exact) mass is 390 g/mol. The minimum absolute atomic E-state index is 0.153. The van der Waals surface area contributed by atoms with Crippen LogP contribution in [0.3, 0.4) is 0 Å². The van der Waals surface area contributed by atoms with Crippen LogP contribution in [0, 0.1) is 5.41 Å². The van der Waals surface area contributed by atoms with Gasteiger partial charge in [0.1, 0.15) is 17.0 Å². The Morgan fingerprint density at radius 1 is 1.17 bits per heavy atom. The lowest BCUT2D eigenvalue weighted by Crippen LogP contribution is -2.16. The van der Waals surface area contributed by atoms with Crippen molar-refractivity contribution in [1.29, 1.82) is 0 Å². The molecule has 0 aliphatic heterocycles. The molecule has 0 fully saturated rings. The van der Waals surface area contributed by atoms with Crippen LogP contribution in [0.2, 0.25) is 0 Å². The van der Waals surface area contributed by atoms with Gasteiger partial charge in [-0.2, -0.15) is 0 Å². The summed E-state index contributed by atoms with van der Waals surface area (Å²) in [4.78, 5) is 0. The number of aryl methyl sites for hydroxylation is 1. The van der Waals surface area contributed by atoms with Gasteiger partial charge in [0.2, 0.25) is 0 Å². The molecule has 6 heteroatoms. The molecule has 0 aliphatic rings. The van der Waals surface area contributed by atoms with Crippen LogP contribution in [-0.2, 0) is 19.5 Å². The summed E-state index contributed by atoms with van der Waals surface area (Å²) in [5, 5.41) is 12.0. The van der Waals surface area contributed by atoms with Gasteiger partial charge in [-0.05, 0) is 45.6 Å². The van der Waals surface area contributed by atoms with Crippen LogP contribution < -0.4 is 5.32 Å². The van der Waals surface area contributed by atoms with E-state index in [-0.39, 0.29) is 5.41 Å². The van der Waals surface area contributed by atoms with E-state index in [0.717, 1.165) is 45.7 Å². The Morgan fingerprint density at radius 2 is 1.92 bits per heavy atom. The number of nitrogens with one attached hydrogen (secondary N) is 1. The third-order valence-electron chi connectivity index (χ3n) is 3.77. The molecule has 2 aromatic heterocycles. The van der Waals surface area contributed by atoms with Crippen LogP contribution in [0.15, 0.2) is 33.2 Å². The van der Waals surface area contributed by atoms with E-state index in [4.69, 9.17) is 4.42 Å². The second kappa shape index (κ2) is 6.59. The molecule has 128 valence electrons. The van der Waals surface area contributed by atoms with Gasteiger partial charge in [0, 0.05) is 13.0 Å². The normalized spacial score (nSPS) is 12.0. The van der Waals surface area contributed by atoms with E-state index < -0.39 is 0 Å². The first-order chi connectivity index (χ1) is 11.4. The number of benzene rings is 1. The van der Waals surface area contributed by atoms with Crippen molar-refractivity contribution in [2.75, 3.05) is 5.32 Å². The number of hydrogen-bond acceptors (Lipinski definition) is 4. The highest BCUT2D eigenvalue weighted by atomic mass is 79.9. The summed E-state index contributed by atoms with van der Waals surface area (Å²) in [6, 6.07) is 8.15. The molecule has 0 unspecified atom stereocenters. The van der Waals surface area contributed by atoms with Crippen molar-refractivity contribution in [3.05, 3.63) is 40.3 Å². The minimum Gasteiger partial charge on any atom is -0.464 e. The van der Waals surface area contributed by atoms with Crippen molar-refractivity contribution in [2.45, 2.75) is 47.2 Å². The molecule has 0 atom stereocenters. The van der Waals surface area contributed by atoms with Gasteiger partial charge in [0.05, 0.1) is 22.2 Å². The quantitative estimate of drug-likeness (QED) is 0.665. The molecule has 0 bridgehead atoms. The molecule has 0 saturated carbocycles. The van der Waals surface area contributed by atoms with Gasteiger partial charge in [0.15, 0.2) is 0 Å². The van der Waals surface area contributed by atoms with Crippen LogP contribution in [0.25, 0.3) is 11.0 Å². The van der Waals surface area contributed by atoms with Crippen LogP contribution in [0.5, 0.6) is 0 Å². The summed E-state index contributed by atoms with van der Waals surface area (Å²) in [7, 11) is 0. The zero-order valence-corrected chi connectivity index (χ0v) is 16.1. The molecule has 5 nitrogen and oxygen atoms in total. The highest BCUT2D eigenvalue weighted by Gasteiger charge is 2.17. The minimum atomic E-state index is 0.153. The molecule has 0 aliphatic carbocycles. The number of fused-ring (bicyclic) bond motifs is 1. The number of anilines is 1. The van der Waals surface area contributed by atoms with E-state index in [1.165, 1.54) is 0 Å². The van der Waals surface area contributed by atoms with E-state index >= 15 is 0 Å². The van der Waals surface area contributed by atoms with Crippen molar-refractivity contribution in [3.8, 4) is 0 Å². The van der Waals surface area contributed by atoms with Crippen LogP contribution in [0.1, 0.15) is 39.2 Å². The molecular weight excluding hydrogens is 368 g/mol. The van der Waals surface area contributed by atoms with Crippen molar-refractivity contribution < 1.29 is 4.42 Å².